The highest BCUT2D eigenvalue weighted by atomic mass is 32.2. The first-order valence-electron chi connectivity index (χ1n) is 6.79. The third-order valence-corrected chi connectivity index (χ3v) is 6.16. The highest BCUT2D eigenvalue weighted by Gasteiger charge is 2.32. The van der Waals surface area contributed by atoms with E-state index in [9.17, 15) is 8.42 Å². The number of sulfonamides is 1. The average Bonchev–Trinajstić information content (AvgIpc) is 2.38. The van der Waals surface area contributed by atoms with Crippen molar-refractivity contribution >= 4 is 27.6 Å². The zero-order valence-corrected chi connectivity index (χ0v) is 13.7. The van der Waals surface area contributed by atoms with Gasteiger partial charge >= 0.3 is 0 Å². The van der Waals surface area contributed by atoms with Gasteiger partial charge in [0.05, 0.1) is 0 Å². The van der Waals surface area contributed by atoms with E-state index in [0.29, 0.717) is 29.4 Å². The smallest absolute Gasteiger partial charge is 0.244 e. The third kappa shape index (κ3) is 3.45. The van der Waals surface area contributed by atoms with E-state index in [0.717, 1.165) is 6.54 Å². The topological polar surface area (TPSA) is 62.3 Å². The van der Waals surface area contributed by atoms with E-state index in [-0.39, 0.29) is 4.90 Å². The van der Waals surface area contributed by atoms with Crippen molar-refractivity contribution in [2.24, 2.45) is 0 Å². The Morgan fingerprint density at radius 3 is 2.50 bits per heavy atom. The Morgan fingerprint density at radius 2 is 2.00 bits per heavy atom. The normalized spacial score (nSPS) is 24.6. The fourth-order valence-electron chi connectivity index (χ4n) is 2.29. The van der Waals surface area contributed by atoms with Crippen LogP contribution in [0, 0.1) is 0 Å². The number of nitrogens with one attached hydrogen (secondary N) is 1. The molecule has 5 nitrogen and oxygen atoms in total. The largest absolute Gasteiger partial charge is 0.370 e. The van der Waals surface area contributed by atoms with Gasteiger partial charge < -0.3 is 5.32 Å². The van der Waals surface area contributed by atoms with E-state index in [1.54, 1.807) is 16.4 Å². The zero-order valence-electron chi connectivity index (χ0n) is 12.0. The van der Waals surface area contributed by atoms with Crippen molar-refractivity contribution in [2.45, 2.75) is 36.2 Å². The molecule has 112 valence electrons. The van der Waals surface area contributed by atoms with Crippen LogP contribution in [0.3, 0.4) is 0 Å². The minimum atomic E-state index is -3.43. The van der Waals surface area contributed by atoms with E-state index in [2.05, 4.69) is 24.1 Å². The first kappa shape index (κ1) is 15.6. The van der Waals surface area contributed by atoms with Gasteiger partial charge in [0, 0.05) is 36.3 Å². The predicted octanol–water partition coefficient (Wildman–Crippen LogP) is 2.03. The van der Waals surface area contributed by atoms with Crippen LogP contribution >= 0.6 is 11.8 Å². The van der Waals surface area contributed by atoms with Crippen LogP contribution in [0.2, 0.25) is 0 Å². The van der Waals surface area contributed by atoms with Gasteiger partial charge in [-0.25, -0.2) is 13.4 Å². The van der Waals surface area contributed by atoms with Crippen LogP contribution in [-0.2, 0) is 10.0 Å². The average molecular weight is 315 g/mol. The molecule has 1 aromatic heterocycles. The van der Waals surface area contributed by atoms with E-state index in [4.69, 9.17) is 0 Å². The van der Waals surface area contributed by atoms with E-state index >= 15 is 0 Å². The number of hydrogen-bond donors (Lipinski definition) is 1. The monoisotopic (exact) mass is 315 g/mol. The summed E-state index contributed by atoms with van der Waals surface area (Å²) in [5, 5.41) is 3.70. The lowest BCUT2D eigenvalue weighted by Gasteiger charge is -2.33. The molecule has 1 aliphatic heterocycles. The number of rotatable bonds is 4. The van der Waals surface area contributed by atoms with Crippen molar-refractivity contribution in [1.82, 2.24) is 9.29 Å². The van der Waals surface area contributed by atoms with Gasteiger partial charge in [0.2, 0.25) is 10.0 Å². The molecule has 2 heterocycles. The van der Waals surface area contributed by atoms with Crippen LogP contribution in [0.4, 0.5) is 5.82 Å². The van der Waals surface area contributed by atoms with Crippen molar-refractivity contribution in [3.05, 3.63) is 18.3 Å². The fourth-order valence-corrected chi connectivity index (χ4v) is 5.37. The van der Waals surface area contributed by atoms with Crippen molar-refractivity contribution in [3.8, 4) is 0 Å². The maximum atomic E-state index is 12.6. The highest BCUT2D eigenvalue weighted by molar-refractivity contribution is 8.00. The van der Waals surface area contributed by atoms with Gasteiger partial charge in [-0.1, -0.05) is 13.8 Å². The Kier molecular flexibility index (Phi) is 4.93. The van der Waals surface area contributed by atoms with Crippen LogP contribution in [0.1, 0.15) is 20.8 Å². The summed E-state index contributed by atoms with van der Waals surface area (Å²) in [7, 11) is -3.43. The lowest BCUT2D eigenvalue weighted by atomic mass is 10.4. The molecule has 1 saturated heterocycles. The number of pyridine rings is 1. The molecule has 0 aromatic carbocycles. The molecule has 1 aromatic rings. The van der Waals surface area contributed by atoms with Crippen LogP contribution in [0.15, 0.2) is 23.2 Å². The molecule has 2 rings (SSSR count). The Bertz CT molecular complexity index is 535. The van der Waals surface area contributed by atoms with Gasteiger partial charge in [-0.3, -0.25) is 0 Å². The van der Waals surface area contributed by atoms with Gasteiger partial charge in [0.25, 0.3) is 0 Å². The van der Waals surface area contributed by atoms with Crippen LogP contribution in [0.25, 0.3) is 0 Å². The molecule has 0 spiro atoms. The molecule has 0 aliphatic carbocycles. The summed E-state index contributed by atoms with van der Waals surface area (Å²) in [6.07, 6.45) is 1.43. The summed E-state index contributed by atoms with van der Waals surface area (Å²) < 4.78 is 26.8. The summed E-state index contributed by atoms with van der Waals surface area (Å²) in [5.74, 6) is 0.697. The van der Waals surface area contributed by atoms with E-state index in [1.165, 1.54) is 6.20 Å². The summed E-state index contributed by atoms with van der Waals surface area (Å²) in [4.78, 5) is 4.41. The zero-order chi connectivity index (χ0) is 14.8. The minimum Gasteiger partial charge on any atom is -0.370 e. The molecule has 2 atom stereocenters. The summed E-state index contributed by atoms with van der Waals surface area (Å²) in [5.41, 5.74) is 0. The quantitative estimate of drug-likeness (QED) is 0.921. The van der Waals surface area contributed by atoms with Gasteiger partial charge in [-0.05, 0) is 19.1 Å². The second kappa shape index (κ2) is 6.32. The number of thioether (sulfide) groups is 1. The summed E-state index contributed by atoms with van der Waals surface area (Å²) >= 11 is 1.83. The standard InChI is InChI=1S/C13H21N3O2S2/c1-4-14-13-6-5-12(7-15-13)20(17,18)16-8-10(2)19-11(3)9-16/h5-7,10-11H,4,8-9H2,1-3H3,(H,14,15). The molecular weight excluding hydrogens is 294 g/mol. The molecule has 1 fully saturated rings. The Hall–Kier alpha value is -0.790. The SMILES string of the molecule is CCNc1ccc(S(=O)(=O)N2CC(C)SC(C)C2)cn1. The molecule has 0 saturated carbocycles. The number of hydrogen-bond acceptors (Lipinski definition) is 5. The molecule has 0 radical (unpaired) electrons. The van der Waals surface area contributed by atoms with Crippen molar-refractivity contribution in [2.75, 3.05) is 25.0 Å². The molecule has 0 bridgehead atoms. The van der Waals surface area contributed by atoms with Crippen molar-refractivity contribution < 1.29 is 8.42 Å². The van der Waals surface area contributed by atoms with Crippen LogP contribution in [-0.4, -0.2) is 47.8 Å². The molecular formula is C13H21N3O2S2. The van der Waals surface area contributed by atoms with Crippen molar-refractivity contribution in [1.29, 1.82) is 0 Å². The Labute approximate surface area is 125 Å². The summed E-state index contributed by atoms with van der Waals surface area (Å²) in [6.45, 7) is 7.99. The van der Waals surface area contributed by atoms with Gasteiger partial charge in [-0.2, -0.15) is 16.1 Å². The van der Waals surface area contributed by atoms with Gasteiger partial charge in [0.1, 0.15) is 10.7 Å². The number of anilines is 1. The molecule has 1 aliphatic rings. The van der Waals surface area contributed by atoms with Crippen LogP contribution in [0.5, 0.6) is 0 Å². The van der Waals surface area contributed by atoms with Gasteiger partial charge in [-0.15, -0.1) is 0 Å². The molecule has 0 amide bonds. The summed E-state index contributed by atoms with van der Waals surface area (Å²) in [6, 6.07) is 3.33. The first-order chi connectivity index (χ1) is 9.43. The second-order valence-electron chi connectivity index (χ2n) is 4.99. The third-order valence-electron chi connectivity index (χ3n) is 3.12. The number of nitrogens with zero attached hydrogens (tertiary/aromatic N) is 2. The maximum absolute atomic E-state index is 12.6. The maximum Gasteiger partial charge on any atom is 0.244 e. The molecule has 1 N–H and O–H groups in total. The van der Waals surface area contributed by atoms with Crippen LogP contribution < -0.4 is 5.32 Å². The lowest BCUT2D eigenvalue weighted by Crippen LogP contribution is -2.43. The fraction of sp³-hybridized carbons (Fsp3) is 0.615. The first-order valence-corrected chi connectivity index (χ1v) is 9.17. The minimum absolute atomic E-state index is 0.269. The van der Waals surface area contributed by atoms with E-state index in [1.807, 2.05) is 18.7 Å². The Morgan fingerprint density at radius 1 is 1.35 bits per heavy atom. The lowest BCUT2D eigenvalue weighted by molar-refractivity contribution is 0.404. The Balaban J connectivity index is 2.21. The molecule has 2 unspecified atom stereocenters. The van der Waals surface area contributed by atoms with E-state index < -0.39 is 10.0 Å². The van der Waals surface area contributed by atoms with Crippen molar-refractivity contribution in [3.63, 3.8) is 0 Å². The second-order valence-corrected chi connectivity index (χ2v) is 8.81. The molecule has 7 heteroatoms. The number of aromatic nitrogens is 1. The predicted molar refractivity (Wildman–Crippen MR) is 83.7 cm³/mol. The highest BCUT2D eigenvalue weighted by Crippen LogP contribution is 2.28. The molecule has 20 heavy (non-hydrogen) atoms. The van der Waals surface area contributed by atoms with Gasteiger partial charge in [0.15, 0.2) is 0 Å².